The molecule has 3 aromatic rings. The second-order valence-electron chi connectivity index (χ2n) is 10.5. The van der Waals surface area contributed by atoms with Crippen molar-refractivity contribution >= 4 is 28.3 Å². The summed E-state index contributed by atoms with van der Waals surface area (Å²) >= 11 is 0. The Morgan fingerprint density at radius 2 is 2.00 bits per heavy atom. The smallest absolute Gasteiger partial charge is 0.335 e. The number of carbonyl (C=O) groups excluding carboxylic acids is 1. The van der Waals surface area contributed by atoms with E-state index >= 15 is 4.39 Å². The van der Waals surface area contributed by atoms with Crippen molar-refractivity contribution in [3.05, 3.63) is 47.5 Å². The molecular weight excluding hydrogens is 487 g/mol. The lowest BCUT2D eigenvalue weighted by molar-refractivity contribution is -0.121. The molecule has 1 aromatic heterocycles. The maximum atomic E-state index is 15.5. The highest BCUT2D eigenvalue weighted by Crippen LogP contribution is 2.47. The summed E-state index contributed by atoms with van der Waals surface area (Å²) in [7, 11) is 5.53. The van der Waals surface area contributed by atoms with Crippen molar-refractivity contribution in [3.8, 4) is 17.0 Å². The van der Waals surface area contributed by atoms with E-state index in [9.17, 15) is 14.7 Å². The minimum absolute atomic E-state index is 0.0245. The van der Waals surface area contributed by atoms with Crippen LogP contribution < -0.4 is 15.4 Å². The number of hydrogen-bond acceptors (Lipinski definition) is 6. The van der Waals surface area contributed by atoms with Crippen molar-refractivity contribution < 1.29 is 23.8 Å². The molecule has 9 heteroatoms. The quantitative estimate of drug-likeness (QED) is 0.421. The second-order valence-corrected chi connectivity index (χ2v) is 10.5. The van der Waals surface area contributed by atoms with Crippen LogP contribution in [0.15, 0.2) is 36.4 Å². The van der Waals surface area contributed by atoms with E-state index in [1.807, 2.05) is 41.8 Å². The fraction of sp³-hybridized carbons (Fsp3) is 0.448. The SMILES string of the molecule is COc1ccc2c(c1)NC(NCCN(C)C)C(=O)Cn1c-2c(C2CCCC[C@@H]2F)c2ccc(C(=O)O)cc21. The number of carbonyl (C=O) groups is 2. The maximum Gasteiger partial charge on any atom is 0.335 e. The Bertz CT molecular complexity index is 1370. The zero-order valence-electron chi connectivity index (χ0n) is 22.1. The van der Waals surface area contributed by atoms with Crippen LogP contribution in [0, 0.1) is 0 Å². The van der Waals surface area contributed by atoms with Crippen molar-refractivity contribution in [2.75, 3.05) is 39.6 Å². The molecule has 38 heavy (non-hydrogen) atoms. The predicted molar refractivity (Wildman–Crippen MR) is 146 cm³/mol. The molecule has 0 spiro atoms. The molecule has 0 amide bonds. The first-order valence-corrected chi connectivity index (χ1v) is 13.2. The number of nitrogens with one attached hydrogen (secondary N) is 2. The highest BCUT2D eigenvalue weighted by Gasteiger charge is 2.35. The lowest BCUT2D eigenvalue weighted by Gasteiger charge is -2.30. The Morgan fingerprint density at radius 3 is 2.71 bits per heavy atom. The Kier molecular flexibility index (Phi) is 7.40. The first-order valence-electron chi connectivity index (χ1n) is 13.2. The molecule has 1 aliphatic heterocycles. The molecule has 5 rings (SSSR count). The second kappa shape index (κ2) is 10.7. The summed E-state index contributed by atoms with van der Waals surface area (Å²) in [6.45, 7) is 1.37. The molecule has 8 nitrogen and oxygen atoms in total. The summed E-state index contributed by atoms with van der Waals surface area (Å²) in [6, 6.07) is 10.6. The van der Waals surface area contributed by atoms with Gasteiger partial charge in [0.25, 0.3) is 0 Å². The number of hydrogen-bond donors (Lipinski definition) is 3. The van der Waals surface area contributed by atoms with Gasteiger partial charge in [-0.15, -0.1) is 0 Å². The van der Waals surface area contributed by atoms with E-state index in [0.717, 1.165) is 41.6 Å². The van der Waals surface area contributed by atoms with Gasteiger partial charge in [0.05, 0.1) is 30.4 Å². The number of aromatic carboxylic acids is 1. The van der Waals surface area contributed by atoms with Crippen LogP contribution in [0.4, 0.5) is 10.1 Å². The van der Waals surface area contributed by atoms with E-state index in [2.05, 4.69) is 10.6 Å². The Labute approximate surface area is 221 Å². The van der Waals surface area contributed by atoms with Crippen LogP contribution in [0.25, 0.3) is 22.2 Å². The number of likely N-dealkylation sites (N-methyl/N-ethyl adjacent to an activating group) is 1. The largest absolute Gasteiger partial charge is 0.497 e. The number of rotatable bonds is 7. The number of carboxylic acid groups (broad SMARTS) is 1. The fourth-order valence-electron chi connectivity index (χ4n) is 5.81. The third-order valence-corrected chi connectivity index (χ3v) is 7.73. The van der Waals surface area contributed by atoms with Gasteiger partial charge in [0, 0.05) is 41.7 Å². The minimum Gasteiger partial charge on any atom is -0.497 e. The molecule has 2 unspecified atom stereocenters. The van der Waals surface area contributed by atoms with E-state index in [1.165, 1.54) is 0 Å². The number of fused-ring (bicyclic) bond motifs is 5. The van der Waals surface area contributed by atoms with E-state index < -0.39 is 18.3 Å². The van der Waals surface area contributed by atoms with Gasteiger partial charge < -0.3 is 24.6 Å². The first-order chi connectivity index (χ1) is 18.3. The number of halogens is 1. The van der Waals surface area contributed by atoms with Gasteiger partial charge in [-0.2, -0.15) is 0 Å². The van der Waals surface area contributed by atoms with E-state index in [-0.39, 0.29) is 23.8 Å². The average Bonchev–Trinajstić information content (AvgIpc) is 3.19. The van der Waals surface area contributed by atoms with Gasteiger partial charge in [0.15, 0.2) is 5.78 Å². The molecule has 3 atom stereocenters. The molecule has 0 saturated heterocycles. The number of methoxy groups -OCH3 is 1. The van der Waals surface area contributed by atoms with Crippen LogP contribution >= 0.6 is 0 Å². The van der Waals surface area contributed by atoms with Gasteiger partial charge >= 0.3 is 5.97 Å². The number of ether oxygens (including phenoxy) is 1. The van der Waals surface area contributed by atoms with Gasteiger partial charge in [0.1, 0.15) is 18.1 Å². The summed E-state index contributed by atoms with van der Waals surface area (Å²) in [4.78, 5) is 27.6. The monoisotopic (exact) mass is 522 g/mol. The van der Waals surface area contributed by atoms with Crippen LogP contribution in [0.2, 0.25) is 0 Å². The van der Waals surface area contributed by atoms with Crippen molar-refractivity contribution in [1.29, 1.82) is 0 Å². The molecular formula is C29H35FN4O4. The predicted octanol–water partition coefficient (Wildman–Crippen LogP) is 4.48. The molecule has 3 N–H and O–H groups in total. The summed E-state index contributed by atoms with van der Waals surface area (Å²) in [6.07, 6.45) is 1.30. The third-order valence-electron chi connectivity index (χ3n) is 7.73. The van der Waals surface area contributed by atoms with E-state index in [1.54, 1.807) is 25.3 Å². The summed E-state index contributed by atoms with van der Waals surface area (Å²) in [5.74, 6) is -0.841. The first kappa shape index (κ1) is 26.2. The molecule has 1 saturated carbocycles. The van der Waals surface area contributed by atoms with Gasteiger partial charge in [-0.05, 0) is 56.8 Å². The standard InChI is InChI=1S/C29H35FN4O4/c1-33(2)13-12-31-28-25(35)16-34-24-14-17(29(36)37)8-10-21(24)26(19-6-4-5-7-22(19)30)27(34)20-11-9-18(38-3)15-23(20)32-28/h8-11,14-15,19,22,28,31-32H,4-7,12-13,16H2,1-3H3,(H,36,37)/t19?,22-,28?/m0/s1. The van der Waals surface area contributed by atoms with Gasteiger partial charge in [-0.25, -0.2) is 9.18 Å². The Balaban J connectivity index is 1.75. The molecule has 2 aliphatic rings. The average molecular weight is 523 g/mol. The van der Waals surface area contributed by atoms with Gasteiger partial charge in [-0.3, -0.25) is 10.1 Å². The van der Waals surface area contributed by atoms with Gasteiger partial charge in [-0.1, -0.05) is 18.9 Å². The van der Waals surface area contributed by atoms with Crippen LogP contribution in [0.5, 0.6) is 5.75 Å². The van der Waals surface area contributed by atoms with E-state index in [0.29, 0.717) is 36.3 Å². The lowest BCUT2D eigenvalue weighted by atomic mass is 9.80. The van der Waals surface area contributed by atoms with Gasteiger partial charge in [0.2, 0.25) is 0 Å². The molecule has 1 fully saturated rings. The molecule has 0 bridgehead atoms. The zero-order chi connectivity index (χ0) is 27.0. The lowest BCUT2D eigenvalue weighted by Crippen LogP contribution is -2.47. The highest BCUT2D eigenvalue weighted by atomic mass is 19.1. The number of ketones is 1. The minimum atomic E-state index is -1.04. The van der Waals surface area contributed by atoms with Crippen LogP contribution in [-0.2, 0) is 11.3 Å². The summed E-state index contributed by atoms with van der Waals surface area (Å²) in [5, 5.41) is 17.2. The maximum absolute atomic E-state index is 15.5. The zero-order valence-corrected chi connectivity index (χ0v) is 22.1. The summed E-state index contributed by atoms with van der Waals surface area (Å²) in [5.41, 5.74) is 3.92. The number of Topliss-reactive ketones (excluding diaryl/α,β-unsaturated/α-hetero) is 1. The number of nitrogens with zero attached hydrogens (tertiary/aromatic N) is 2. The molecule has 1 aliphatic carbocycles. The highest BCUT2D eigenvalue weighted by molar-refractivity contribution is 6.02. The van der Waals surface area contributed by atoms with E-state index in [4.69, 9.17) is 4.74 Å². The Morgan fingerprint density at radius 1 is 1.21 bits per heavy atom. The fourth-order valence-corrected chi connectivity index (χ4v) is 5.81. The third kappa shape index (κ3) is 4.88. The van der Waals surface area contributed by atoms with Crippen molar-refractivity contribution in [1.82, 2.24) is 14.8 Å². The van der Waals surface area contributed by atoms with Crippen LogP contribution in [0.1, 0.15) is 47.5 Å². The normalized spacial score (nSPS) is 21.4. The van der Waals surface area contributed by atoms with Crippen LogP contribution in [0.3, 0.4) is 0 Å². The number of carboxylic acids is 1. The molecule has 2 aromatic carbocycles. The van der Waals surface area contributed by atoms with Crippen LogP contribution in [-0.4, -0.2) is 73.0 Å². The number of alkyl halides is 1. The Hall–Kier alpha value is -3.43. The summed E-state index contributed by atoms with van der Waals surface area (Å²) < 4.78 is 22.9. The van der Waals surface area contributed by atoms with Crippen molar-refractivity contribution in [2.45, 2.75) is 50.5 Å². The molecule has 202 valence electrons. The van der Waals surface area contributed by atoms with Crippen molar-refractivity contribution in [3.63, 3.8) is 0 Å². The molecule has 0 radical (unpaired) electrons. The topological polar surface area (TPSA) is 95.8 Å². The van der Waals surface area contributed by atoms with Crippen molar-refractivity contribution in [2.24, 2.45) is 0 Å². The molecule has 2 heterocycles. The number of aromatic nitrogens is 1. The number of benzene rings is 2. The number of anilines is 1.